The first-order valence-corrected chi connectivity index (χ1v) is 11.3. The van der Waals surface area contributed by atoms with Crippen molar-refractivity contribution in [1.82, 2.24) is 9.71 Å². The predicted molar refractivity (Wildman–Crippen MR) is 108 cm³/mol. The first-order chi connectivity index (χ1) is 13.3. The number of carbonyl (C=O) groups is 2. The van der Waals surface area contributed by atoms with Crippen LogP contribution in [-0.2, 0) is 32.4 Å². The number of Topliss-reactive ketones (excluding diaryl/α,β-unsaturated/α-hetero) is 1. The third kappa shape index (κ3) is 5.51. The van der Waals surface area contributed by atoms with E-state index < -0.39 is 16.0 Å². The minimum atomic E-state index is -3.23. The molecule has 2 heterocycles. The fraction of sp³-hybridized carbons (Fsp3) is 0.263. The molecule has 0 unspecified atom stereocenters. The maximum Gasteiger partial charge on any atom is 0.310 e. The van der Waals surface area contributed by atoms with Gasteiger partial charge in [-0.1, -0.05) is 18.2 Å². The van der Waals surface area contributed by atoms with Gasteiger partial charge < -0.3 is 9.72 Å². The highest BCUT2D eigenvalue weighted by Crippen LogP contribution is 2.19. The van der Waals surface area contributed by atoms with Gasteiger partial charge in [-0.25, -0.2) is 13.1 Å². The predicted octanol–water partition coefficient (Wildman–Crippen LogP) is 2.29. The van der Waals surface area contributed by atoms with Crippen LogP contribution in [0.4, 0.5) is 0 Å². The molecule has 0 spiro atoms. The number of thiophene rings is 1. The van der Waals surface area contributed by atoms with Gasteiger partial charge in [0, 0.05) is 28.5 Å². The first kappa shape index (κ1) is 20.2. The number of para-hydroxylation sites is 1. The molecule has 1 aromatic carbocycles. The van der Waals surface area contributed by atoms with Crippen LogP contribution in [0.25, 0.3) is 10.9 Å². The molecule has 3 aromatic rings. The lowest BCUT2D eigenvalue weighted by atomic mass is 10.1. The summed E-state index contributed by atoms with van der Waals surface area (Å²) in [6.07, 6.45) is 3.44. The minimum absolute atomic E-state index is 0.0874. The Morgan fingerprint density at radius 3 is 2.75 bits per heavy atom. The average molecular weight is 421 g/mol. The molecule has 3 rings (SSSR count). The summed E-state index contributed by atoms with van der Waals surface area (Å²) in [7, 11) is -3.23. The molecule has 0 aliphatic heterocycles. The van der Waals surface area contributed by atoms with E-state index in [1.165, 1.54) is 11.3 Å². The monoisotopic (exact) mass is 420 g/mol. The van der Waals surface area contributed by atoms with Crippen LogP contribution >= 0.6 is 11.3 Å². The van der Waals surface area contributed by atoms with Gasteiger partial charge in [-0.3, -0.25) is 9.59 Å². The van der Waals surface area contributed by atoms with Gasteiger partial charge in [0.15, 0.2) is 6.61 Å². The van der Waals surface area contributed by atoms with Crippen molar-refractivity contribution in [1.29, 1.82) is 0 Å². The number of carbonyl (C=O) groups excluding carboxylic acids is 2. The lowest BCUT2D eigenvalue weighted by Crippen LogP contribution is -2.24. The van der Waals surface area contributed by atoms with E-state index in [1.54, 1.807) is 18.3 Å². The van der Waals surface area contributed by atoms with Gasteiger partial charge in [-0.05, 0) is 30.2 Å². The highest BCUT2D eigenvalue weighted by atomic mass is 32.2. The van der Waals surface area contributed by atoms with E-state index in [2.05, 4.69) is 9.71 Å². The summed E-state index contributed by atoms with van der Waals surface area (Å²) in [6, 6.07) is 11.1. The second-order valence-corrected chi connectivity index (χ2v) is 9.30. The molecule has 0 fully saturated rings. The van der Waals surface area contributed by atoms with E-state index in [1.807, 2.05) is 24.3 Å². The molecule has 0 radical (unpaired) electrons. The number of hydrogen-bond donors (Lipinski definition) is 2. The maximum atomic E-state index is 12.2. The second kappa shape index (κ2) is 8.68. The normalized spacial score (nSPS) is 11.6. The van der Waals surface area contributed by atoms with Crippen molar-refractivity contribution < 1.29 is 22.7 Å². The Morgan fingerprint density at radius 2 is 1.96 bits per heavy atom. The van der Waals surface area contributed by atoms with E-state index in [-0.39, 0.29) is 25.4 Å². The van der Waals surface area contributed by atoms with Crippen molar-refractivity contribution in [3.8, 4) is 0 Å². The number of hydrogen-bond acceptors (Lipinski definition) is 6. The highest BCUT2D eigenvalue weighted by molar-refractivity contribution is 7.88. The molecule has 2 aromatic heterocycles. The fourth-order valence-electron chi connectivity index (χ4n) is 2.72. The second-order valence-electron chi connectivity index (χ2n) is 6.30. The van der Waals surface area contributed by atoms with Crippen LogP contribution in [0, 0.1) is 0 Å². The Kier molecular flexibility index (Phi) is 6.28. The zero-order valence-electron chi connectivity index (χ0n) is 15.2. The lowest BCUT2D eigenvalue weighted by molar-refractivity contribution is -0.141. The van der Waals surface area contributed by atoms with Gasteiger partial charge in [0.1, 0.15) is 0 Å². The maximum absolute atomic E-state index is 12.2. The summed E-state index contributed by atoms with van der Waals surface area (Å²) in [5.74, 6) is -0.744. The third-order valence-electron chi connectivity index (χ3n) is 4.05. The Labute approximate surface area is 166 Å². The molecule has 0 aliphatic rings. The van der Waals surface area contributed by atoms with E-state index in [0.29, 0.717) is 11.3 Å². The Bertz CT molecular complexity index is 1100. The fourth-order valence-corrected chi connectivity index (χ4v) is 4.13. The number of aromatic nitrogens is 1. The third-order valence-corrected chi connectivity index (χ3v) is 5.96. The molecule has 0 saturated heterocycles. The van der Waals surface area contributed by atoms with Crippen LogP contribution in [0.5, 0.6) is 0 Å². The molecule has 0 bridgehead atoms. The Balaban J connectivity index is 1.49. The van der Waals surface area contributed by atoms with Gasteiger partial charge in [0.05, 0.1) is 17.6 Å². The van der Waals surface area contributed by atoms with E-state index in [0.717, 1.165) is 27.6 Å². The van der Waals surface area contributed by atoms with Crippen LogP contribution in [-0.4, -0.2) is 44.6 Å². The van der Waals surface area contributed by atoms with Crippen molar-refractivity contribution in [2.45, 2.75) is 12.8 Å². The van der Waals surface area contributed by atoms with Crippen LogP contribution in [0.2, 0.25) is 0 Å². The van der Waals surface area contributed by atoms with Crippen molar-refractivity contribution in [3.05, 3.63) is 57.9 Å². The standard InChI is InChI=1S/C19H20N2O5S2/c1-28(24,25)21-9-8-14-6-7-18(27-14)17(22)12-26-19(23)10-13-11-20-16-5-3-2-4-15(13)16/h2-7,11,20-21H,8-10,12H2,1H3. The molecule has 7 nitrogen and oxygen atoms in total. The number of ether oxygens (including phenoxy) is 1. The van der Waals surface area contributed by atoms with Crippen molar-refractivity contribution >= 4 is 44.0 Å². The summed E-state index contributed by atoms with van der Waals surface area (Å²) in [6.45, 7) is -0.0463. The molecule has 0 atom stereocenters. The van der Waals surface area contributed by atoms with Gasteiger partial charge in [-0.2, -0.15) is 0 Å². The number of benzene rings is 1. The molecule has 0 amide bonds. The summed E-state index contributed by atoms with van der Waals surface area (Å²) in [5.41, 5.74) is 1.77. The Morgan fingerprint density at radius 1 is 1.18 bits per heavy atom. The molecular formula is C19H20N2O5S2. The van der Waals surface area contributed by atoms with Crippen molar-refractivity contribution in [2.75, 3.05) is 19.4 Å². The average Bonchev–Trinajstić information content (AvgIpc) is 3.26. The zero-order chi connectivity index (χ0) is 20.1. The van der Waals surface area contributed by atoms with Gasteiger partial charge >= 0.3 is 5.97 Å². The van der Waals surface area contributed by atoms with Crippen LogP contribution in [0.3, 0.4) is 0 Å². The number of sulfonamides is 1. The van der Waals surface area contributed by atoms with E-state index in [4.69, 9.17) is 4.74 Å². The number of aromatic amines is 1. The number of nitrogens with one attached hydrogen (secondary N) is 2. The molecule has 148 valence electrons. The Hall–Kier alpha value is -2.49. The van der Waals surface area contributed by atoms with E-state index in [9.17, 15) is 18.0 Å². The number of esters is 1. The molecular weight excluding hydrogens is 400 g/mol. The first-order valence-electron chi connectivity index (χ1n) is 8.59. The van der Waals surface area contributed by atoms with Gasteiger partial charge in [-0.15, -0.1) is 11.3 Å². The number of rotatable bonds is 9. The smallest absolute Gasteiger partial charge is 0.310 e. The zero-order valence-corrected chi connectivity index (χ0v) is 16.9. The van der Waals surface area contributed by atoms with Gasteiger partial charge in [0.25, 0.3) is 0 Å². The van der Waals surface area contributed by atoms with Crippen LogP contribution in [0.1, 0.15) is 20.1 Å². The largest absolute Gasteiger partial charge is 0.457 e. The molecule has 0 aliphatic carbocycles. The number of fused-ring (bicyclic) bond motifs is 1. The van der Waals surface area contributed by atoms with Crippen LogP contribution < -0.4 is 4.72 Å². The van der Waals surface area contributed by atoms with E-state index >= 15 is 0 Å². The van der Waals surface area contributed by atoms with Gasteiger partial charge in [0.2, 0.25) is 15.8 Å². The topological polar surface area (TPSA) is 105 Å². The SMILES string of the molecule is CS(=O)(=O)NCCc1ccc(C(=O)COC(=O)Cc2c[nH]c3ccccc23)s1. The molecule has 9 heteroatoms. The quantitative estimate of drug-likeness (QED) is 0.408. The number of ketones is 1. The number of H-pyrrole nitrogens is 1. The molecule has 28 heavy (non-hydrogen) atoms. The van der Waals surface area contributed by atoms with Crippen molar-refractivity contribution in [2.24, 2.45) is 0 Å². The summed E-state index contributed by atoms with van der Waals surface area (Å²) in [5, 5.41) is 0.955. The molecule has 2 N–H and O–H groups in total. The lowest BCUT2D eigenvalue weighted by Gasteiger charge is -2.03. The van der Waals surface area contributed by atoms with Crippen molar-refractivity contribution in [3.63, 3.8) is 0 Å². The summed E-state index contributed by atoms with van der Waals surface area (Å²) >= 11 is 1.27. The minimum Gasteiger partial charge on any atom is -0.457 e. The van der Waals surface area contributed by atoms with Crippen LogP contribution in [0.15, 0.2) is 42.6 Å². The highest BCUT2D eigenvalue weighted by Gasteiger charge is 2.14. The molecule has 0 saturated carbocycles. The summed E-state index contributed by atoms with van der Waals surface area (Å²) < 4.78 is 29.6. The summed E-state index contributed by atoms with van der Waals surface area (Å²) in [4.78, 5) is 28.8.